The maximum Gasteiger partial charge on any atom is 0.305 e. The van der Waals surface area contributed by atoms with Gasteiger partial charge in [0.05, 0.1) is 6.42 Å². The third kappa shape index (κ3) is 2.25. The number of hydrogen-bond acceptors (Lipinski definition) is 2. The molecule has 1 aromatic rings. The third-order valence-corrected chi connectivity index (χ3v) is 3.34. The normalized spacial score (nSPS) is 17.8. The van der Waals surface area contributed by atoms with Crippen LogP contribution in [0.3, 0.4) is 0 Å². The van der Waals surface area contributed by atoms with Crippen LogP contribution in [-0.2, 0) is 4.79 Å². The van der Waals surface area contributed by atoms with Crippen LogP contribution >= 0.6 is 0 Å². The summed E-state index contributed by atoms with van der Waals surface area (Å²) in [7, 11) is 0. The molecule has 0 saturated heterocycles. The maximum absolute atomic E-state index is 10.7. The molecule has 3 nitrogen and oxygen atoms in total. The number of carboxylic acid groups (broad SMARTS) is 1. The first-order chi connectivity index (χ1) is 7.68. The molecular weight excluding hydrogens is 202 g/mol. The van der Waals surface area contributed by atoms with Crippen molar-refractivity contribution < 1.29 is 9.90 Å². The Balaban J connectivity index is 2.21. The topological polar surface area (TPSA) is 63.3 Å². The summed E-state index contributed by atoms with van der Waals surface area (Å²) in [5, 5.41) is 8.77. The van der Waals surface area contributed by atoms with Gasteiger partial charge in [0.15, 0.2) is 0 Å². The van der Waals surface area contributed by atoms with E-state index in [9.17, 15) is 4.79 Å². The van der Waals surface area contributed by atoms with Crippen LogP contribution in [0.15, 0.2) is 24.3 Å². The average molecular weight is 219 g/mol. The van der Waals surface area contributed by atoms with E-state index in [4.69, 9.17) is 10.8 Å². The minimum absolute atomic E-state index is 0.00370. The van der Waals surface area contributed by atoms with Crippen LogP contribution in [-0.4, -0.2) is 11.1 Å². The molecule has 16 heavy (non-hydrogen) atoms. The van der Waals surface area contributed by atoms with Crippen molar-refractivity contribution in [3.63, 3.8) is 0 Å². The van der Waals surface area contributed by atoms with Crippen LogP contribution < -0.4 is 5.73 Å². The van der Waals surface area contributed by atoms with E-state index in [0.717, 1.165) is 5.56 Å². The van der Waals surface area contributed by atoms with Gasteiger partial charge in [0.1, 0.15) is 0 Å². The highest BCUT2D eigenvalue weighted by atomic mass is 16.4. The summed E-state index contributed by atoms with van der Waals surface area (Å²) in [4.78, 5) is 10.7. The fraction of sp³-hybridized carbons (Fsp3) is 0.462. The van der Waals surface area contributed by atoms with Gasteiger partial charge in [0.2, 0.25) is 0 Å². The van der Waals surface area contributed by atoms with Crippen LogP contribution in [0.1, 0.15) is 48.8 Å². The third-order valence-electron chi connectivity index (χ3n) is 3.34. The van der Waals surface area contributed by atoms with Crippen LogP contribution in [0.4, 0.5) is 0 Å². The molecule has 1 aliphatic carbocycles. The van der Waals surface area contributed by atoms with Crippen LogP contribution in [0.25, 0.3) is 0 Å². The van der Waals surface area contributed by atoms with Gasteiger partial charge < -0.3 is 10.8 Å². The van der Waals surface area contributed by atoms with Gasteiger partial charge in [-0.05, 0) is 29.9 Å². The summed E-state index contributed by atoms with van der Waals surface area (Å²) in [6, 6.07) is 7.60. The molecule has 1 fully saturated rings. The Bertz CT molecular complexity index is 385. The SMILES string of the molecule is NC(CC(=O)O)c1ccccc1C1CCC1. The van der Waals surface area contributed by atoms with Crippen LogP contribution in [0, 0.1) is 0 Å². The van der Waals surface area contributed by atoms with Gasteiger partial charge in [-0.15, -0.1) is 0 Å². The molecule has 1 aromatic carbocycles. The second-order valence-corrected chi connectivity index (χ2v) is 4.46. The highest BCUT2D eigenvalue weighted by Crippen LogP contribution is 2.39. The summed E-state index contributed by atoms with van der Waals surface area (Å²) in [6.45, 7) is 0. The van der Waals surface area contributed by atoms with E-state index >= 15 is 0 Å². The van der Waals surface area contributed by atoms with Crippen molar-refractivity contribution in [2.75, 3.05) is 0 Å². The quantitative estimate of drug-likeness (QED) is 0.817. The Morgan fingerprint density at radius 2 is 2.12 bits per heavy atom. The predicted molar refractivity (Wildman–Crippen MR) is 62.2 cm³/mol. The van der Waals surface area contributed by atoms with Crippen molar-refractivity contribution in [3.8, 4) is 0 Å². The molecule has 0 radical (unpaired) electrons. The summed E-state index contributed by atoms with van der Waals surface area (Å²) in [5.41, 5.74) is 8.19. The van der Waals surface area contributed by atoms with E-state index in [0.29, 0.717) is 5.92 Å². The zero-order valence-corrected chi connectivity index (χ0v) is 9.23. The summed E-state index contributed by atoms with van der Waals surface area (Å²) >= 11 is 0. The van der Waals surface area contributed by atoms with E-state index in [1.54, 1.807) is 0 Å². The average Bonchev–Trinajstić information content (AvgIpc) is 2.14. The molecule has 0 bridgehead atoms. The number of nitrogens with two attached hydrogens (primary N) is 1. The Morgan fingerprint density at radius 1 is 1.44 bits per heavy atom. The minimum Gasteiger partial charge on any atom is -0.481 e. The lowest BCUT2D eigenvalue weighted by molar-refractivity contribution is -0.137. The van der Waals surface area contributed by atoms with E-state index in [1.165, 1.54) is 24.8 Å². The smallest absolute Gasteiger partial charge is 0.305 e. The molecule has 3 heteroatoms. The van der Waals surface area contributed by atoms with Crippen molar-refractivity contribution in [2.45, 2.75) is 37.6 Å². The molecule has 0 amide bonds. The van der Waals surface area contributed by atoms with E-state index in [2.05, 4.69) is 6.07 Å². The van der Waals surface area contributed by atoms with Crippen molar-refractivity contribution in [2.24, 2.45) is 5.73 Å². The Morgan fingerprint density at radius 3 is 2.69 bits per heavy atom. The Hall–Kier alpha value is -1.35. The van der Waals surface area contributed by atoms with Crippen molar-refractivity contribution in [1.29, 1.82) is 0 Å². The first-order valence-corrected chi connectivity index (χ1v) is 5.74. The van der Waals surface area contributed by atoms with Gasteiger partial charge in [-0.3, -0.25) is 4.79 Å². The molecule has 0 aromatic heterocycles. The first kappa shape index (κ1) is 11.1. The molecule has 86 valence electrons. The highest BCUT2D eigenvalue weighted by Gasteiger charge is 2.24. The Labute approximate surface area is 95.3 Å². The predicted octanol–water partition coefficient (Wildman–Crippen LogP) is 2.43. The molecule has 0 heterocycles. The second-order valence-electron chi connectivity index (χ2n) is 4.46. The molecule has 0 aliphatic heterocycles. The largest absolute Gasteiger partial charge is 0.481 e. The lowest BCUT2D eigenvalue weighted by Gasteiger charge is -2.29. The van der Waals surface area contributed by atoms with Gasteiger partial charge in [-0.25, -0.2) is 0 Å². The number of hydrogen-bond donors (Lipinski definition) is 2. The maximum atomic E-state index is 10.7. The molecule has 1 unspecified atom stereocenters. The molecule has 0 spiro atoms. The fourth-order valence-electron chi connectivity index (χ4n) is 2.24. The molecule has 1 atom stereocenters. The fourth-order valence-corrected chi connectivity index (χ4v) is 2.24. The monoisotopic (exact) mass is 219 g/mol. The van der Waals surface area contributed by atoms with Crippen molar-refractivity contribution >= 4 is 5.97 Å². The molecule has 1 aliphatic rings. The van der Waals surface area contributed by atoms with Gasteiger partial charge in [-0.2, -0.15) is 0 Å². The number of rotatable bonds is 4. The minimum atomic E-state index is -0.837. The van der Waals surface area contributed by atoms with E-state index in [1.807, 2.05) is 18.2 Å². The first-order valence-electron chi connectivity index (χ1n) is 5.74. The van der Waals surface area contributed by atoms with Crippen LogP contribution in [0.2, 0.25) is 0 Å². The second kappa shape index (κ2) is 4.66. The lowest BCUT2D eigenvalue weighted by Crippen LogP contribution is -2.19. The summed E-state index contributed by atoms with van der Waals surface area (Å²) in [5.74, 6) is -0.244. The summed E-state index contributed by atoms with van der Waals surface area (Å²) < 4.78 is 0. The standard InChI is InChI=1S/C13H17NO2/c14-12(8-13(15)16)11-7-2-1-6-10(11)9-4-3-5-9/h1-2,6-7,9,12H,3-5,8,14H2,(H,15,16). The highest BCUT2D eigenvalue weighted by molar-refractivity contribution is 5.68. The van der Waals surface area contributed by atoms with Crippen molar-refractivity contribution in [1.82, 2.24) is 0 Å². The zero-order valence-electron chi connectivity index (χ0n) is 9.23. The molecule has 2 rings (SSSR count). The van der Waals surface area contributed by atoms with Gasteiger partial charge >= 0.3 is 5.97 Å². The molecule has 3 N–H and O–H groups in total. The van der Waals surface area contributed by atoms with Crippen molar-refractivity contribution in [3.05, 3.63) is 35.4 Å². The van der Waals surface area contributed by atoms with E-state index in [-0.39, 0.29) is 12.5 Å². The number of carbonyl (C=O) groups is 1. The lowest BCUT2D eigenvalue weighted by atomic mass is 9.77. The molecule has 1 saturated carbocycles. The van der Waals surface area contributed by atoms with Crippen LogP contribution in [0.5, 0.6) is 0 Å². The van der Waals surface area contributed by atoms with Gasteiger partial charge in [-0.1, -0.05) is 30.7 Å². The number of benzene rings is 1. The Kier molecular flexibility index (Phi) is 3.25. The van der Waals surface area contributed by atoms with E-state index < -0.39 is 5.97 Å². The van der Waals surface area contributed by atoms with Gasteiger partial charge in [0.25, 0.3) is 0 Å². The zero-order chi connectivity index (χ0) is 11.5. The molecular formula is C13H17NO2. The van der Waals surface area contributed by atoms with Gasteiger partial charge in [0, 0.05) is 6.04 Å². The number of carboxylic acids is 1. The summed E-state index contributed by atoms with van der Waals surface area (Å²) in [6.07, 6.45) is 3.69. The number of aliphatic carboxylic acids is 1.